The largest absolute Gasteiger partial charge is 0.468 e. The van der Waals surface area contributed by atoms with Crippen LogP contribution in [0, 0.1) is 5.41 Å². The van der Waals surface area contributed by atoms with Crippen LogP contribution in [0.3, 0.4) is 0 Å². The van der Waals surface area contributed by atoms with E-state index in [4.69, 9.17) is 33.7 Å². The summed E-state index contributed by atoms with van der Waals surface area (Å²) in [4.78, 5) is 67.2. The van der Waals surface area contributed by atoms with Crippen molar-refractivity contribution in [1.29, 1.82) is 0 Å². The molecular formula is C49H70N8O9S. The van der Waals surface area contributed by atoms with Gasteiger partial charge in [0.15, 0.2) is 0 Å². The molecule has 1 aromatic carbocycles. The summed E-state index contributed by atoms with van der Waals surface area (Å²) in [5, 5.41) is 7.84. The number of hydrazine groups is 1. The van der Waals surface area contributed by atoms with Crippen LogP contribution in [-0.2, 0) is 57.5 Å². The molecule has 6 heterocycles. The number of hydrogen-bond donors (Lipinski definition) is 2. The third-order valence-corrected chi connectivity index (χ3v) is 13.9. The Hall–Kier alpha value is -4.72. The lowest BCUT2D eigenvalue weighted by Crippen LogP contribution is -2.60. The van der Waals surface area contributed by atoms with Crippen LogP contribution >= 0.6 is 11.3 Å². The third kappa shape index (κ3) is 11.9. The number of fused-ring (bicyclic) bond motifs is 2. The standard InChI is InChI=1S/C49H70N8O9S/c1-11-56-41-15-14-32(40-28-67-42(51-40)23-39(52-47(61)66-48(4,5)6)45(59)57-16-12-13-38(53-57)46(60)63-10)21-35(41)37(24-49(7,8)29-65-31(3)58)44(56)36-22-33(25-50-43(36)30(2)62-9)55-18-17-54-19-20-64-27-34(54)26-55/h14-15,21,25,28,30,33-34,38-39,53H,11-13,16-20,22-24,26-27,29H2,1-10H3,(H,52,61)/t30-,33?,34-,38-,39-/m0/s1. The zero-order valence-electron chi connectivity index (χ0n) is 40.9. The number of aryl methyl sites for hydroxylation is 1. The topological polar surface area (TPSA) is 178 Å². The van der Waals surface area contributed by atoms with Crippen molar-refractivity contribution in [2.45, 2.75) is 130 Å². The molecule has 0 aliphatic carbocycles. The molecule has 0 bridgehead atoms. The highest BCUT2D eigenvalue weighted by Gasteiger charge is 2.38. The van der Waals surface area contributed by atoms with Crippen LogP contribution in [0.15, 0.2) is 34.3 Å². The summed E-state index contributed by atoms with van der Waals surface area (Å²) >= 11 is 1.40. The quantitative estimate of drug-likeness (QED) is 0.142. The Kier molecular flexibility index (Phi) is 15.9. The van der Waals surface area contributed by atoms with Gasteiger partial charge in [0.1, 0.15) is 17.7 Å². The number of amides is 2. The van der Waals surface area contributed by atoms with Gasteiger partial charge in [0.2, 0.25) is 0 Å². The van der Waals surface area contributed by atoms with Gasteiger partial charge in [-0.2, -0.15) is 0 Å². The minimum Gasteiger partial charge on any atom is -0.468 e. The number of hydrogen-bond acceptors (Lipinski definition) is 15. The van der Waals surface area contributed by atoms with Crippen LogP contribution < -0.4 is 10.7 Å². The third-order valence-electron chi connectivity index (χ3n) is 13.0. The number of morpholine rings is 1. The van der Waals surface area contributed by atoms with E-state index in [1.54, 1.807) is 27.9 Å². The van der Waals surface area contributed by atoms with Crippen molar-refractivity contribution in [2.24, 2.45) is 10.4 Å². The molecule has 2 aromatic heterocycles. The number of rotatable bonds is 15. The Morgan fingerprint density at radius 2 is 1.84 bits per heavy atom. The molecule has 0 radical (unpaired) electrons. The molecule has 4 aliphatic rings. The van der Waals surface area contributed by atoms with Gasteiger partial charge >= 0.3 is 18.0 Å². The van der Waals surface area contributed by atoms with E-state index in [0.717, 1.165) is 90.5 Å². The van der Waals surface area contributed by atoms with Crippen LogP contribution in [0.4, 0.5) is 4.79 Å². The molecular weight excluding hydrogens is 877 g/mol. The van der Waals surface area contributed by atoms with Gasteiger partial charge in [-0.3, -0.25) is 34.2 Å². The lowest BCUT2D eigenvalue weighted by molar-refractivity contribution is -0.150. The molecule has 3 saturated heterocycles. The number of aliphatic imine (C=N–C) groups is 1. The Labute approximate surface area is 398 Å². The number of ether oxygens (including phenoxy) is 5. The van der Waals surface area contributed by atoms with Crippen molar-refractivity contribution in [3.05, 3.63) is 45.5 Å². The maximum absolute atomic E-state index is 14.1. The average Bonchev–Trinajstić information content (AvgIpc) is 3.90. The van der Waals surface area contributed by atoms with Crippen molar-refractivity contribution in [1.82, 2.24) is 35.1 Å². The Balaban J connectivity index is 1.26. The number of esters is 2. The van der Waals surface area contributed by atoms with Crippen LogP contribution in [0.25, 0.3) is 27.7 Å². The Morgan fingerprint density at radius 1 is 1.06 bits per heavy atom. The predicted molar refractivity (Wildman–Crippen MR) is 258 cm³/mol. The van der Waals surface area contributed by atoms with Gasteiger partial charge in [-0.1, -0.05) is 19.9 Å². The van der Waals surface area contributed by atoms with E-state index in [9.17, 15) is 19.2 Å². The second-order valence-corrected chi connectivity index (χ2v) is 20.8. The lowest BCUT2D eigenvalue weighted by Gasteiger charge is -2.46. The van der Waals surface area contributed by atoms with Crippen molar-refractivity contribution in [3.63, 3.8) is 0 Å². The van der Waals surface area contributed by atoms with Gasteiger partial charge in [0.05, 0.1) is 55.1 Å². The van der Waals surface area contributed by atoms with Crippen LogP contribution in [0.2, 0.25) is 0 Å². The predicted octanol–water partition coefficient (Wildman–Crippen LogP) is 5.63. The zero-order chi connectivity index (χ0) is 48.2. The lowest BCUT2D eigenvalue weighted by atomic mass is 9.83. The minimum atomic E-state index is -1.04. The molecule has 2 amide bonds. The second-order valence-electron chi connectivity index (χ2n) is 19.8. The smallest absolute Gasteiger partial charge is 0.408 e. The summed E-state index contributed by atoms with van der Waals surface area (Å²) in [6.45, 7) is 21.8. The summed E-state index contributed by atoms with van der Waals surface area (Å²) in [7, 11) is 3.04. The summed E-state index contributed by atoms with van der Waals surface area (Å²) in [6, 6.07) is 5.15. The van der Waals surface area contributed by atoms with Gasteiger partial charge in [-0.15, -0.1) is 11.3 Å². The van der Waals surface area contributed by atoms with Crippen LogP contribution in [-0.4, -0.2) is 157 Å². The zero-order valence-corrected chi connectivity index (χ0v) is 41.8. The first-order valence-corrected chi connectivity index (χ1v) is 24.5. The number of carbonyl (C=O) groups is 4. The monoisotopic (exact) mass is 946 g/mol. The SMILES string of the molecule is CCn1c(C2=C([C@H](C)OC)N=CC(N3CCN4CCOC[C@@H]4C3)C2)c(CC(C)(C)COC(C)=O)c2cc(-c3csc(C[C@H](NC(=O)OC(C)(C)C)C(=O)N4CCC[C@@H](C(=O)OC)N4)n3)ccc21. The maximum Gasteiger partial charge on any atom is 0.408 e. The van der Waals surface area contributed by atoms with Crippen molar-refractivity contribution >= 4 is 58.0 Å². The molecule has 17 nitrogen and oxygen atoms in total. The van der Waals surface area contributed by atoms with E-state index < -0.39 is 41.1 Å². The van der Waals surface area contributed by atoms with E-state index in [2.05, 4.69) is 77.2 Å². The fourth-order valence-electron chi connectivity index (χ4n) is 9.66. The van der Waals surface area contributed by atoms with E-state index >= 15 is 0 Å². The number of carbonyl (C=O) groups excluding carboxylic acids is 4. The molecule has 18 heteroatoms. The summed E-state index contributed by atoms with van der Waals surface area (Å²) < 4.78 is 30.5. The number of piperazine rings is 1. The van der Waals surface area contributed by atoms with Crippen molar-refractivity contribution in [2.75, 3.05) is 66.8 Å². The van der Waals surface area contributed by atoms with Gasteiger partial charge < -0.3 is 33.6 Å². The molecule has 7 rings (SSSR count). The Morgan fingerprint density at radius 3 is 2.55 bits per heavy atom. The summed E-state index contributed by atoms with van der Waals surface area (Å²) in [5.74, 6) is -1.20. The highest BCUT2D eigenvalue weighted by Crippen LogP contribution is 2.42. The number of methoxy groups -OCH3 is 2. The Bertz CT molecular complexity index is 2350. The number of thiazole rings is 1. The molecule has 3 fully saturated rings. The van der Waals surface area contributed by atoms with Gasteiger partial charge in [-0.25, -0.2) is 15.2 Å². The number of aromatic nitrogens is 2. The first-order valence-electron chi connectivity index (χ1n) is 23.6. The molecule has 2 N–H and O–H groups in total. The molecule has 366 valence electrons. The fourth-order valence-corrected chi connectivity index (χ4v) is 10.5. The van der Waals surface area contributed by atoms with Crippen molar-refractivity contribution in [3.8, 4) is 11.3 Å². The number of benzene rings is 1. The molecule has 0 spiro atoms. The highest BCUT2D eigenvalue weighted by atomic mass is 32.1. The average molecular weight is 947 g/mol. The first-order chi connectivity index (χ1) is 31.9. The van der Waals surface area contributed by atoms with Crippen molar-refractivity contribution < 1.29 is 42.9 Å². The maximum atomic E-state index is 14.1. The molecule has 0 saturated carbocycles. The minimum absolute atomic E-state index is 0.0848. The van der Waals surface area contributed by atoms with Crippen LogP contribution in [0.5, 0.6) is 0 Å². The van der Waals surface area contributed by atoms with Gasteiger partial charge in [0.25, 0.3) is 5.91 Å². The van der Waals surface area contributed by atoms with E-state index in [1.807, 2.05) is 5.38 Å². The second kappa shape index (κ2) is 21.3. The summed E-state index contributed by atoms with van der Waals surface area (Å²) in [5.41, 5.74) is 8.76. The number of alkyl carbamates (subject to hydrolysis) is 1. The molecule has 5 atom stereocenters. The normalized spacial score (nSPS) is 21.8. The summed E-state index contributed by atoms with van der Waals surface area (Å²) in [6.07, 6.45) is 3.67. The molecule has 4 aliphatic heterocycles. The first kappa shape index (κ1) is 50.2. The van der Waals surface area contributed by atoms with Crippen LogP contribution in [0.1, 0.15) is 90.9 Å². The molecule has 1 unspecified atom stereocenters. The molecule has 3 aromatic rings. The molecule has 67 heavy (non-hydrogen) atoms. The van der Waals surface area contributed by atoms with E-state index in [1.165, 1.54) is 30.4 Å². The van der Waals surface area contributed by atoms with E-state index in [0.29, 0.717) is 43.4 Å². The number of nitrogens with one attached hydrogen (secondary N) is 2. The number of nitrogens with zero attached hydrogens (tertiary/aromatic N) is 6. The van der Waals surface area contributed by atoms with Gasteiger partial charge in [0, 0.05) is 111 Å². The fraction of sp³-hybridized carbons (Fsp3) is 0.633. The van der Waals surface area contributed by atoms with Gasteiger partial charge in [-0.05, 0) is 78.0 Å². The van der Waals surface area contributed by atoms with E-state index in [-0.39, 0.29) is 31.1 Å². The highest BCUT2D eigenvalue weighted by molar-refractivity contribution is 7.10.